The van der Waals surface area contributed by atoms with Gasteiger partial charge in [0.25, 0.3) is 11.6 Å². The van der Waals surface area contributed by atoms with Gasteiger partial charge in [-0.3, -0.25) is 4.79 Å². The number of carbonyl (C=O) groups is 1. The van der Waals surface area contributed by atoms with Crippen molar-refractivity contribution in [3.8, 4) is 5.75 Å². The molecule has 3 unspecified atom stereocenters. The number of benzene rings is 2. The third-order valence-electron chi connectivity index (χ3n) is 5.62. The van der Waals surface area contributed by atoms with Gasteiger partial charge < -0.3 is 30.2 Å². The second-order valence-corrected chi connectivity index (χ2v) is 9.42. The average Bonchev–Trinajstić information content (AvgIpc) is 2.79. The monoisotopic (exact) mass is 490 g/mol. The largest absolute Gasteiger partial charge is 0.493 e. The van der Waals surface area contributed by atoms with Crippen LogP contribution in [0.3, 0.4) is 0 Å². The summed E-state index contributed by atoms with van der Waals surface area (Å²) in [5.41, 5.74) is 3.65. The highest BCUT2D eigenvalue weighted by molar-refractivity contribution is 5.43. The number of carboxylic acid groups (broad SMARTS) is 1. The molecule has 0 fully saturated rings. The van der Waals surface area contributed by atoms with Crippen molar-refractivity contribution >= 4 is 6.47 Å². The molecule has 0 aromatic heterocycles. The predicted molar refractivity (Wildman–Crippen MR) is 129 cm³/mol. The minimum absolute atomic E-state index is 0.0367. The molecule has 0 radical (unpaired) electrons. The summed E-state index contributed by atoms with van der Waals surface area (Å²) in [5.74, 6) is 0.764. The normalized spacial score (nSPS) is 17.9. The Morgan fingerprint density at radius 2 is 1.77 bits per heavy atom. The first kappa shape index (κ1) is 28.0. The zero-order chi connectivity index (χ0) is 26.0. The van der Waals surface area contributed by atoms with Gasteiger partial charge in [0.1, 0.15) is 12.4 Å². The van der Waals surface area contributed by atoms with Crippen molar-refractivity contribution in [2.45, 2.75) is 63.9 Å². The zero-order valence-electron chi connectivity index (χ0n) is 20.2. The Morgan fingerprint density at radius 1 is 1.14 bits per heavy atom. The van der Waals surface area contributed by atoms with Crippen LogP contribution in [0.4, 0.5) is 0 Å². The molecule has 0 heterocycles. The van der Waals surface area contributed by atoms with Gasteiger partial charge in [-0.1, -0.05) is 36.4 Å². The van der Waals surface area contributed by atoms with Gasteiger partial charge in [0, 0.05) is 36.4 Å². The maximum Gasteiger partial charge on any atom is 0.294 e. The van der Waals surface area contributed by atoms with Gasteiger partial charge in [0.05, 0.1) is 18.8 Å². The molecule has 0 bridgehead atoms. The summed E-state index contributed by atoms with van der Waals surface area (Å²) in [6.45, 7) is 7.07. The maximum absolute atomic E-state index is 10.4. The molecule has 3 rings (SSSR count). The van der Waals surface area contributed by atoms with Crippen molar-refractivity contribution < 1.29 is 34.8 Å². The van der Waals surface area contributed by atoms with Crippen LogP contribution in [0.1, 0.15) is 48.9 Å². The highest BCUT2D eigenvalue weighted by Crippen LogP contribution is 2.31. The minimum atomic E-state index is -0.797. The summed E-state index contributed by atoms with van der Waals surface area (Å²) in [5, 5.41) is 40.1. The number of nitrogens with one attached hydrogen (secondary N) is 1. The Morgan fingerprint density at radius 3 is 2.37 bits per heavy atom. The summed E-state index contributed by atoms with van der Waals surface area (Å²) < 4.78 is 6.23. The van der Waals surface area contributed by atoms with E-state index in [9.17, 15) is 20.3 Å². The number of rotatable bonds is 9. The van der Waals surface area contributed by atoms with E-state index in [2.05, 4.69) is 30.9 Å². The third-order valence-corrected chi connectivity index (χ3v) is 5.62. The van der Waals surface area contributed by atoms with E-state index in [1.54, 1.807) is 0 Å². The van der Waals surface area contributed by atoms with E-state index in [1.165, 1.54) is 0 Å². The molecule has 10 nitrogen and oxygen atoms in total. The molecular formula is C25H34N2O8. The van der Waals surface area contributed by atoms with Gasteiger partial charge in [0.2, 0.25) is 0 Å². The van der Waals surface area contributed by atoms with Crippen molar-refractivity contribution in [1.82, 2.24) is 5.32 Å². The molecule has 1 aliphatic carbocycles. The lowest BCUT2D eigenvalue weighted by Crippen LogP contribution is -2.39. The van der Waals surface area contributed by atoms with Gasteiger partial charge in [-0.05, 0) is 43.5 Å². The first-order valence-corrected chi connectivity index (χ1v) is 11.3. The van der Waals surface area contributed by atoms with Crippen LogP contribution in [0.15, 0.2) is 42.5 Å². The lowest BCUT2D eigenvalue weighted by molar-refractivity contribution is -0.763. The van der Waals surface area contributed by atoms with E-state index in [0.29, 0.717) is 26.0 Å². The van der Waals surface area contributed by atoms with Crippen molar-refractivity contribution in [3.05, 3.63) is 74.8 Å². The summed E-state index contributed by atoms with van der Waals surface area (Å²) in [4.78, 5) is 23.2. The Hall–Kier alpha value is -3.21. The van der Waals surface area contributed by atoms with Crippen molar-refractivity contribution in [2.24, 2.45) is 0 Å². The Balaban J connectivity index is 0.00000137. The first-order chi connectivity index (χ1) is 16.5. The summed E-state index contributed by atoms with van der Waals surface area (Å²) in [6, 6.07) is 13.3. The molecule has 192 valence electrons. The quantitative estimate of drug-likeness (QED) is 0.236. The maximum atomic E-state index is 10.4. The highest BCUT2D eigenvalue weighted by atomic mass is 16.9. The van der Waals surface area contributed by atoms with Gasteiger partial charge in [-0.2, -0.15) is 0 Å². The van der Waals surface area contributed by atoms with Crippen LogP contribution in [-0.4, -0.2) is 57.8 Å². The Bertz CT molecular complexity index is 959. The molecule has 0 amide bonds. The predicted octanol–water partition coefficient (Wildman–Crippen LogP) is 2.47. The zero-order valence-corrected chi connectivity index (χ0v) is 20.2. The standard InChI is InChI=1S/C24H32N2O6.CH2O2/c1-24(2,3)25-13-19(17-9-7-16(8-10-17)14-32-26(29)30)15-31-23-6-4-5-18-11-21(27)22(28)12-20(18)23;2-1-3/h4-10,19,21-22,25,27-28H,11-15H2,1-3H3;1H,(H,2,3). The van der Waals surface area contributed by atoms with E-state index < -0.39 is 17.3 Å². The van der Waals surface area contributed by atoms with Gasteiger partial charge in [-0.25, -0.2) is 0 Å². The van der Waals surface area contributed by atoms with Crippen molar-refractivity contribution in [2.75, 3.05) is 13.2 Å². The van der Waals surface area contributed by atoms with Crippen LogP contribution >= 0.6 is 0 Å². The Kier molecular flexibility index (Phi) is 10.4. The SMILES string of the molecule is CC(C)(C)NCC(COc1cccc2c1CC(O)C(O)C2)c1ccc(CO[N+](=O)[O-])cc1.O=CO. The van der Waals surface area contributed by atoms with E-state index >= 15 is 0 Å². The van der Waals surface area contributed by atoms with Gasteiger partial charge in [-0.15, -0.1) is 10.1 Å². The van der Waals surface area contributed by atoms with Crippen LogP contribution in [-0.2, 0) is 29.1 Å². The second kappa shape index (κ2) is 13.0. The molecule has 3 atom stereocenters. The highest BCUT2D eigenvalue weighted by Gasteiger charge is 2.27. The second-order valence-electron chi connectivity index (χ2n) is 9.42. The molecule has 35 heavy (non-hydrogen) atoms. The number of aliphatic hydroxyl groups excluding tert-OH is 2. The summed E-state index contributed by atoms with van der Waals surface area (Å²) in [6.07, 6.45) is -0.766. The van der Waals surface area contributed by atoms with Crippen LogP contribution in [0.5, 0.6) is 5.75 Å². The topological polar surface area (TPSA) is 151 Å². The van der Waals surface area contributed by atoms with E-state index in [0.717, 1.165) is 28.0 Å². The molecule has 2 aromatic rings. The van der Waals surface area contributed by atoms with Crippen molar-refractivity contribution in [1.29, 1.82) is 0 Å². The van der Waals surface area contributed by atoms with Crippen LogP contribution in [0.2, 0.25) is 0 Å². The van der Waals surface area contributed by atoms with E-state index in [-0.39, 0.29) is 24.5 Å². The number of nitrogens with zero attached hydrogens (tertiary/aromatic N) is 1. The van der Waals surface area contributed by atoms with Gasteiger partial charge >= 0.3 is 0 Å². The van der Waals surface area contributed by atoms with E-state index in [1.807, 2.05) is 42.5 Å². The molecule has 0 aliphatic heterocycles. The molecule has 1 aliphatic rings. The summed E-state index contributed by atoms with van der Waals surface area (Å²) in [7, 11) is 0. The molecule has 0 spiro atoms. The van der Waals surface area contributed by atoms with Crippen LogP contribution < -0.4 is 10.1 Å². The van der Waals surface area contributed by atoms with Crippen LogP contribution in [0.25, 0.3) is 0 Å². The van der Waals surface area contributed by atoms with Gasteiger partial charge in [0.15, 0.2) is 0 Å². The van der Waals surface area contributed by atoms with Crippen LogP contribution in [0, 0.1) is 10.1 Å². The molecule has 0 saturated heterocycles. The Labute approximate surface area is 204 Å². The molecule has 0 saturated carbocycles. The summed E-state index contributed by atoms with van der Waals surface area (Å²) >= 11 is 0. The van der Waals surface area contributed by atoms with E-state index in [4.69, 9.17) is 14.6 Å². The number of fused-ring (bicyclic) bond motifs is 1. The lowest BCUT2D eigenvalue weighted by atomic mass is 9.87. The fourth-order valence-electron chi connectivity index (χ4n) is 3.78. The average molecular weight is 491 g/mol. The molecule has 4 N–H and O–H groups in total. The van der Waals surface area contributed by atoms with Crippen molar-refractivity contribution in [3.63, 3.8) is 0 Å². The fourth-order valence-corrected chi connectivity index (χ4v) is 3.78. The fraction of sp³-hybridized carbons (Fsp3) is 0.480. The molecule has 2 aromatic carbocycles. The smallest absolute Gasteiger partial charge is 0.294 e. The minimum Gasteiger partial charge on any atom is -0.493 e. The number of aliphatic hydroxyl groups is 2. The molecule has 10 heteroatoms. The first-order valence-electron chi connectivity index (χ1n) is 11.3. The number of hydrogen-bond acceptors (Lipinski definition) is 8. The number of ether oxygens (including phenoxy) is 1. The molecular weight excluding hydrogens is 456 g/mol. The third kappa shape index (κ3) is 9.16. The lowest BCUT2D eigenvalue weighted by Gasteiger charge is -2.29. The number of hydrogen-bond donors (Lipinski definition) is 4.